The molecule has 0 aromatic carbocycles. The van der Waals surface area contributed by atoms with Crippen molar-refractivity contribution in [2.75, 3.05) is 7.05 Å². The number of furan rings is 1. The molecule has 2 aliphatic rings. The molecular formula is C19H23NO2. The number of allylic oxidation sites excluding steroid dienone is 5. The van der Waals surface area contributed by atoms with Crippen molar-refractivity contribution in [3.05, 3.63) is 58.6 Å². The molecule has 0 aliphatic heterocycles. The summed E-state index contributed by atoms with van der Waals surface area (Å²) < 4.78 is 5.56. The highest BCUT2D eigenvalue weighted by molar-refractivity contribution is 5.94. The topological polar surface area (TPSA) is 33.5 Å². The van der Waals surface area contributed by atoms with Gasteiger partial charge >= 0.3 is 0 Å². The zero-order valence-corrected chi connectivity index (χ0v) is 13.7. The Labute approximate surface area is 132 Å². The maximum Gasteiger partial charge on any atom is 0.249 e. The van der Waals surface area contributed by atoms with Gasteiger partial charge in [-0.15, -0.1) is 0 Å². The van der Waals surface area contributed by atoms with Crippen molar-refractivity contribution in [1.29, 1.82) is 0 Å². The van der Waals surface area contributed by atoms with E-state index in [1.807, 2.05) is 26.1 Å². The van der Waals surface area contributed by atoms with Crippen LogP contribution in [0.2, 0.25) is 0 Å². The summed E-state index contributed by atoms with van der Waals surface area (Å²) in [6.45, 7) is 6.72. The van der Waals surface area contributed by atoms with Gasteiger partial charge in [-0.2, -0.15) is 0 Å². The van der Waals surface area contributed by atoms with Gasteiger partial charge in [-0.3, -0.25) is 4.79 Å². The zero-order chi connectivity index (χ0) is 15.9. The smallest absolute Gasteiger partial charge is 0.249 e. The Hall–Kier alpha value is -2.03. The SMILES string of the molecule is CC1=CC2CC(C(=O)N(C)Cc3ccc(C)o3)=CC2C(C)=C1. The second-order valence-electron chi connectivity index (χ2n) is 6.56. The molecule has 3 rings (SSSR count). The average molecular weight is 297 g/mol. The summed E-state index contributed by atoms with van der Waals surface area (Å²) in [5.74, 6) is 2.66. The minimum atomic E-state index is 0.113. The van der Waals surface area contributed by atoms with E-state index in [2.05, 4.69) is 32.1 Å². The van der Waals surface area contributed by atoms with E-state index in [1.165, 1.54) is 11.1 Å². The van der Waals surface area contributed by atoms with E-state index in [0.29, 0.717) is 18.4 Å². The van der Waals surface area contributed by atoms with Gasteiger partial charge < -0.3 is 9.32 Å². The molecular weight excluding hydrogens is 274 g/mol. The fourth-order valence-corrected chi connectivity index (χ4v) is 3.54. The normalized spacial score (nSPS) is 23.5. The highest BCUT2D eigenvalue weighted by atomic mass is 16.3. The molecule has 0 fully saturated rings. The van der Waals surface area contributed by atoms with E-state index in [9.17, 15) is 4.79 Å². The number of carbonyl (C=O) groups excluding carboxylic acids is 1. The molecule has 3 heteroatoms. The van der Waals surface area contributed by atoms with E-state index < -0.39 is 0 Å². The molecule has 3 nitrogen and oxygen atoms in total. The molecule has 22 heavy (non-hydrogen) atoms. The summed E-state index contributed by atoms with van der Waals surface area (Å²) in [6, 6.07) is 3.86. The third kappa shape index (κ3) is 2.80. The molecule has 0 saturated heterocycles. The summed E-state index contributed by atoms with van der Waals surface area (Å²) in [7, 11) is 1.84. The third-order valence-electron chi connectivity index (χ3n) is 4.57. The molecule has 2 aliphatic carbocycles. The molecule has 1 heterocycles. The van der Waals surface area contributed by atoms with Crippen LogP contribution in [0.5, 0.6) is 0 Å². The number of carbonyl (C=O) groups is 1. The average Bonchev–Trinajstić information content (AvgIpc) is 3.04. The van der Waals surface area contributed by atoms with Crippen LogP contribution in [0.4, 0.5) is 0 Å². The number of amides is 1. The van der Waals surface area contributed by atoms with Crippen molar-refractivity contribution in [3.8, 4) is 0 Å². The van der Waals surface area contributed by atoms with Crippen LogP contribution in [0.15, 0.2) is 51.5 Å². The largest absolute Gasteiger partial charge is 0.464 e. The molecule has 2 atom stereocenters. The Bertz CT molecular complexity index is 690. The Morgan fingerprint density at radius 1 is 1.27 bits per heavy atom. The monoisotopic (exact) mass is 297 g/mol. The number of hydrogen-bond acceptors (Lipinski definition) is 2. The number of fused-ring (bicyclic) bond motifs is 1. The summed E-state index contributed by atoms with van der Waals surface area (Å²) in [5, 5.41) is 0. The highest BCUT2D eigenvalue weighted by Gasteiger charge is 2.32. The van der Waals surface area contributed by atoms with E-state index in [0.717, 1.165) is 23.5 Å². The van der Waals surface area contributed by atoms with Crippen LogP contribution < -0.4 is 0 Å². The summed E-state index contributed by atoms with van der Waals surface area (Å²) in [4.78, 5) is 14.4. The first kappa shape index (κ1) is 14.9. The summed E-state index contributed by atoms with van der Waals surface area (Å²) >= 11 is 0. The summed E-state index contributed by atoms with van der Waals surface area (Å²) in [5.41, 5.74) is 3.59. The lowest BCUT2D eigenvalue weighted by Gasteiger charge is -2.22. The van der Waals surface area contributed by atoms with Gasteiger partial charge in [-0.25, -0.2) is 0 Å². The van der Waals surface area contributed by atoms with Gasteiger partial charge in [0, 0.05) is 18.5 Å². The number of rotatable bonds is 3. The van der Waals surface area contributed by atoms with Gasteiger partial charge in [-0.05, 0) is 45.2 Å². The minimum absolute atomic E-state index is 0.113. The molecule has 1 aromatic heterocycles. The quantitative estimate of drug-likeness (QED) is 0.844. The van der Waals surface area contributed by atoms with Crippen LogP contribution in [0.1, 0.15) is 31.8 Å². The predicted molar refractivity (Wildman–Crippen MR) is 87.1 cm³/mol. The first-order valence-electron chi connectivity index (χ1n) is 7.82. The number of nitrogens with zero attached hydrogens (tertiary/aromatic N) is 1. The fraction of sp³-hybridized carbons (Fsp3) is 0.421. The van der Waals surface area contributed by atoms with Crippen molar-refractivity contribution >= 4 is 5.91 Å². The van der Waals surface area contributed by atoms with Crippen LogP contribution in [0.25, 0.3) is 0 Å². The first-order valence-corrected chi connectivity index (χ1v) is 7.82. The molecule has 2 unspecified atom stereocenters. The van der Waals surface area contributed by atoms with E-state index in [-0.39, 0.29) is 5.91 Å². The van der Waals surface area contributed by atoms with Gasteiger partial charge in [0.1, 0.15) is 11.5 Å². The zero-order valence-electron chi connectivity index (χ0n) is 13.7. The van der Waals surface area contributed by atoms with Crippen molar-refractivity contribution in [2.24, 2.45) is 11.8 Å². The predicted octanol–water partition coefficient (Wildman–Crippen LogP) is 4.02. The number of hydrogen-bond donors (Lipinski definition) is 0. The first-order chi connectivity index (χ1) is 10.4. The van der Waals surface area contributed by atoms with Gasteiger partial charge in [0.15, 0.2) is 0 Å². The molecule has 116 valence electrons. The van der Waals surface area contributed by atoms with Gasteiger partial charge in [0.2, 0.25) is 5.91 Å². The van der Waals surface area contributed by atoms with E-state index in [4.69, 9.17) is 4.42 Å². The highest BCUT2D eigenvalue weighted by Crippen LogP contribution is 2.40. The Balaban J connectivity index is 1.71. The van der Waals surface area contributed by atoms with E-state index in [1.54, 1.807) is 4.90 Å². The van der Waals surface area contributed by atoms with Crippen molar-refractivity contribution in [1.82, 2.24) is 4.90 Å². The lowest BCUT2D eigenvalue weighted by atomic mass is 9.83. The van der Waals surface area contributed by atoms with Crippen molar-refractivity contribution in [3.63, 3.8) is 0 Å². The van der Waals surface area contributed by atoms with Gasteiger partial charge in [-0.1, -0.05) is 29.4 Å². The standard InChI is InChI=1S/C19H23NO2/c1-12-7-13(2)18-10-16(9-15(18)8-12)19(21)20(4)11-17-6-5-14(3)22-17/h5-8,10,15,18H,9,11H2,1-4H3. The van der Waals surface area contributed by atoms with Crippen LogP contribution in [-0.2, 0) is 11.3 Å². The van der Waals surface area contributed by atoms with Crippen LogP contribution >= 0.6 is 0 Å². The number of aryl methyl sites for hydroxylation is 1. The maximum absolute atomic E-state index is 12.7. The van der Waals surface area contributed by atoms with Crippen LogP contribution in [0.3, 0.4) is 0 Å². The second-order valence-corrected chi connectivity index (χ2v) is 6.56. The van der Waals surface area contributed by atoms with Gasteiger partial charge in [0.25, 0.3) is 0 Å². The minimum Gasteiger partial charge on any atom is -0.464 e. The lowest BCUT2D eigenvalue weighted by Crippen LogP contribution is -2.27. The molecule has 1 amide bonds. The molecule has 0 bridgehead atoms. The second kappa shape index (κ2) is 5.64. The maximum atomic E-state index is 12.7. The Kier molecular flexibility index (Phi) is 3.81. The van der Waals surface area contributed by atoms with Crippen LogP contribution in [-0.4, -0.2) is 17.9 Å². The van der Waals surface area contributed by atoms with Gasteiger partial charge in [0.05, 0.1) is 6.54 Å². The van der Waals surface area contributed by atoms with Crippen LogP contribution in [0, 0.1) is 18.8 Å². The van der Waals surface area contributed by atoms with Crippen molar-refractivity contribution < 1.29 is 9.21 Å². The third-order valence-corrected chi connectivity index (χ3v) is 4.57. The Morgan fingerprint density at radius 3 is 2.73 bits per heavy atom. The Morgan fingerprint density at radius 2 is 2.05 bits per heavy atom. The molecule has 0 saturated carbocycles. The lowest BCUT2D eigenvalue weighted by molar-refractivity contribution is -0.126. The number of likely N-dealkylation sites (N-methyl/N-ethyl adjacent to an activating group) is 1. The fourth-order valence-electron chi connectivity index (χ4n) is 3.54. The molecule has 0 radical (unpaired) electrons. The summed E-state index contributed by atoms with van der Waals surface area (Å²) in [6.07, 6.45) is 7.52. The molecule has 1 aromatic rings. The molecule has 0 N–H and O–H groups in total. The van der Waals surface area contributed by atoms with Crippen molar-refractivity contribution in [2.45, 2.75) is 33.7 Å². The molecule has 0 spiro atoms. The van der Waals surface area contributed by atoms with E-state index >= 15 is 0 Å².